The van der Waals surface area contributed by atoms with E-state index in [-0.39, 0.29) is 5.56 Å². The molecule has 0 bridgehead atoms. The summed E-state index contributed by atoms with van der Waals surface area (Å²) in [5.74, 6) is -0.318. The molecule has 4 rings (SSSR count). The number of hydrogen-bond donors (Lipinski definition) is 1. The molecule has 1 N–H and O–H groups in total. The molecule has 1 aromatic heterocycles. The SMILES string of the molecule is O=C(O)c1cc(SSc2ccc3nc(C4=NCCS4)sc3c2)ccc1[N+](=O)[O-]. The number of hydrogen-bond acceptors (Lipinski definition) is 9. The van der Waals surface area contributed by atoms with Crippen LogP contribution in [0.3, 0.4) is 0 Å². The van der Waals surface area contributed by atoms with Crippen molar-refractivity contribution < 1.29 is 14.8 Å². The number of aliphatic imine (C=N–C) groups is 1. The van der Waals surface area contributed by atoms with Gasteiger partial charge in [-0.3, -0.25) is 15.1 Å². The third kappa shape index (κ3) is 4.02. The van der Waals surface area contributed by atoms with Crippen molar-refractivity contribution in [2.45, 2.75) is 9.79 Å². The minimum absolute atomic E-state index is 0.312. The summed E-state index contributed by atoms with van der Waals surface area (Å²) in [4.78, 5) is 32.3. The number of aromatic carboxylic acids is 1. The predicted octanol–water partition coefficient (Wildman–Crippen LogP) is 5.20. The number of carboxylic acid groups (broad SMARTS) is 1. The molecular weight excluding hydrogens is 438 g/mol. The lowest BCUT2D eigenvalue weighted by atomic mass is 10.2. The van der Waals surface area contributed by atoms with Crippen LogP contribution in [0.15, 0.2) is 51.2 Å². The minimum atomic E-state index is -1.31. The maximum absolute atomic E-state index is 11.3. The number of rotatable bonds is 6. The van der Waals surface area contributed by atoms with Crippen LogP contribution < -0.4 is 0 Å². The van der Waals surface area contributed by atoms with Crippen LogP contribution in [0.25, 0.3) is 10.2 Å². The van der Waals surface area contributed by atoms with Gasteiger partial charge in [0.15, 0.2) is 0 Å². The van der Waals surface area contributed by atoms with E-state index in [1.165, 1.54) is 33.7 Å². The first-order valence-electron chi connectivity index (χ1n) is 7.96. The van der Waals surface area contributed by atoms with Crippen LogP contribution in [0, 0.1) is 10.1 Å². The van der Waals surface area contributed by atoms with Gasteiger partial charge in [0.05, 0.1) is 15.1 Å². The number of nitro benzene ring substituents is 1. The number of fused-ring (bicyclic) bond motifs is 1. The average molecular weight is 450 g/mol. The first-order chi connectivity index (χ1) is 13.5. The van der Waals surface area contributed by atoms with Crippen LogP contribution in [-0.2, 0) is 0 Å². The van der Waals surface area contributed by atoms with E-state index in [9.17, 15) is 20.0 Å². The molecule has 1 aliphatic rings. The Balaban J connectivity index is 1.53. The normalized spacial score (nSPS) is 13.6. The summed E-state index contributed by atoms with van der Waals surface area (Å²) in [6.07, 6.45) is 0. The molecule has 0 saturated heterocycles. The number of nitrogens with zero attached hydrogens (tertiary/aromatic N) is 3. The number of benzene rings is 2. The molecule has 0 radical (unpaired) electrons. The van der Waals surface area contributed by atoms with Crippen molar-refractivity contribution in [2.24, 2.45) is 4.99 Å². The summed E-state index contributed by atoms with van der Waals surface area (Å²) in [6, 6.07) is 10.1. The number of nitro groups is 1. The van der Waals surface area contributed by atoms with Gasteiger partial charge in [-0.1, -0.05) is 21.6 Å². The summed E-state index contributed by atoms with van der Waals surface area (Å²) in [6.45, 7) is 0.835. The van der Waals surface area contributed by atoms with E-state index in [1.54, 1.807) is 29.2 Å². The van der Waals surface area contributed by atoms with Crippen LogP contribution in [0.1, 0.15) is 15.4 Å². The largest absolute Gasteiger partial charge is 0.477 e. The van der Waals surface area contributed by atoms with Crippen molar-refractivity contribution >= 4 is 71.6 Å². The van der Waals surface area contributed by atoms with Gasteiger partial charge in [-0.2, -0.15) is 0 Å². The molecule has 11 heteroatoms. The molecule has 0 atom stereocenters. The second-order valence-corrected chi connectivity index (χ2v) is 9.98. The van der Waals surface area contributed by atoms with Gasteiger partial charge in [0, 0.05) is 28.2 Å². The van der Waals surface area contributed by atoms with Crippen molar-refractivity contribution in [3.63, 3.8) is 0 Å². The van der Waals surface area contributed by atoms with Gasteiger partial charge in [-0.15, -0.1) is 23.1 Å². The summed E-state index contributed by atoms with van der Waals surface area (Å²) in [5.41, 5.74) is 0.203. The Morgan fingerprint density at radius 3 is 2.61 bits per heavy atom. The molecule has 142 valence electrons. The van der Waals surface area contributed by atoms with E-state index in [2.05, 4.69) is 9.98 Å². The fourth-order valence-corrected chi connectivity index (χ4v) is 6.49. The second kappa shape index (κ2) is 8.11. The Hall–Kier alpha value is -2.08. The molecule has 2 aromatic carbocycles. The van der Waals surface area contributed by atoms with Gasteiger partial charge >= 0.3 is 5.97 Å². The Morgan fingerprint density at radius 1 is 1.18 bits per heavy atom. The quantitative estimate of drug-likeness (QED) is 0.311. The Labute approximate surface area is 175 Å². The van der Waals surface area contributed by atoms with Gasteiger partial charge in [0.1, 0.15) is 15.6 Å². The molecule has 0 spiro atoms. The highest BCUT2D eigenvalue weighted by Crippen LogP contribution is 2.40. The zero-order valence-electron chi connectivity index (χ0n) is 14.0. The summed E-state index contributed by atoms with van der Waals surface area (Å²) >= 11 is 3.33. The highest BCUT2D eigenvalue weighted by molar-refractivity contribution is 8.76. The zero-order valence-corrected chi connectivity index (χ0v) is 17.3. The van der Waals surface area contributed by atoms with Crippen LogP contribution in [-0.4, -0.2) is 38.3 Å². The van der Waals surface area contributed by atoms with Crippen molar-refractivity contribution in [1.29, 1.82) is 0 Å². The van der Waals surface area contributed by atoms with Crippen LogP contribution in [0.4, 0.5) is 5.69 Å². The smallest absolute Gasteiger partial charge is 0.342 e. The lowest BCUT2D eigenvalue weighted by Gasteiger charge is -2.03. The van der Waals surface area contributed by atoms with Crippen molar-refractivity contribution in [1.82, 2.24) is 4.98 Å². The fraction of sp³-hybridized carbons (Fsp3) is 0.118. The van der Waals surface area contributed by atoms with Gasteiger partial charge in [-0.05, 0) is 30.3 Å². The van der Waals surface area contributed by atoms with Gasteiger partial charge < -0.3 is 5.11 Å². The molecule has 0 fully saturated rings. The molecule has 0 aliphatic carbocycles. The second-order valence-electron chi connectivity index (χ2n) is 5.59. The average Bonchev–Trinajstić information content (AvgIpc) is 3.34. The summed E-state index contributed by atoms with van der Waals surface area (Å²) in [7, 11) is 2.82. The number of carbonyl (C=O) groups is 1. The van der Waals surface area contributed by atoms with Crippen molar-refractivity contribution in [2.75, 3.05) is 12.3 Å². The number of thioether (sulfide) groups is 1. The molecule has 7 nitrogen and oxygen atoms in total. The monoisotopic (exact) mass is 449 g/mol. The molecule has 0 amide bonds. The first-order valence-corrected chi connectivity index (χ1v) is 11.9. The lowest BCUT2D eigenvalue weighted by molar-refractivity contribution is -0.385. The van der Waals surface area contributed by atoms with E-state index in [1.807, 2.05) is 18.2 Å². The maximum Gasteiger partial charge on any atom is 0.342 e. The third-order valence-electron chi connectivity index (χ3n) is 3.76. The Kier molecular flexibility index (Phi) is 5.58. The number of thiazole rings is 1. The standard InChI is InChI=1S/C17H11N3O4S4/c21-17(22)11-7-9(2-4-13(11)20(23)24)27-28-10-1-3-12-14(8-10)26-16(19-12)15-18-5-6-25-15/h1-4,7-8H,5-6H2,(H,21,22). The molecule has 3 aromatic rings. The van der Waals surface area contributed by atoms with Crippen LogP contribution in [0.2, 0.25) is 0 Å². The molecule has 0 saturated carbocycles. The van der Waals surface area contributed by atoms with E-state index >= 15 is 0 Å². The fourth-order valence-electron chi connectivity index (χ4n) is 2.51. The molecule has 0 unspecified atom stereocenters. The first kappa shape index (κ1) is 19.2. The molecule has 28 heavy (non-hydrogen) atoms. The molecule has 1 aliphatic heterocycles. The summed E-state index contributed by atoms with van der Waals surface area (Å²) < 4.78 is 1.06. The number of carboxylic acids is 1. The topological polar surface area (TPSA) is 106 Å². The van der Waals surface area contributed by atoms with E-state index in [4.69, 9.17) is 0 Å². The Bertz CT molecular complexity index is 1130. The van der Waals surface area contributed by atoms with Gasteiger partial charge in [0.2, 0.25) is 0 Å². The highest BCUT2D eigenvalue weighted by atomic mass is 33.1. The van der Waals surface area contributed by atoms with E-state index < -0.39 is 16.6 Å². The maximum atomic E-state index is 11.3. The number of aromatic nitrogens is 1. The van der Waals surface area contributed by atoms with E-state index in [0.29, 0.717) is 4.90 Å². The van der Waals surface area contributed by atoms with Crippen LogP contribution >= 0.6 is 44.7 Å². The van der Waals surface area contributed by atoms with Crippen molar-refractivity contribution in [3.8, 4) is 0 Å². The predicted molar refractivity (Wildman–Crippen MR) is 115 cm³/mol. The zero-order chi connectivity index (χ0) is 19.7. The van der Waals surface area contributed by atoms with Gasteiger partial charge in [0.25, 0.3) is 5.69 Å². The molecule has 2 heterocycles. The van der Waals surface area contributed by atoms with Gasteiger partial charge in [-0.25, -0.2) is 9.78 Å². The minimum Gasteiger partial charge on any atom is -0.477 e. The van der Waals surface area contributed by atoms with Crippen molar-refractivity contribution in [3.05, 3.63) is 57.1 Å². The lowest BCUT2D eigenvalue weighted by Crippen LogP contribution is -2.02. The summed E-state index contributed by atoms with van der Waals surface area (Å²) in [5, 5.41) is 22.1. The Morgan fingerprint density at radius 2 is 1.93 bits per heavy atom. The third-order valence-corrected chi connectivity index (χ3v) is 8.28. The highest BCUT2D eigenvalue weighted by Gasteiger charge is 2.20. The van der Waals surface area contributed by atoms with Crippen LogP contribution in [0.5, 0.6) is 0 Å². The van der Waals surface area contributed by atoms with E-state index in [0.717, 1.165) is 37.5 Å². The molecular formula is C17H11N3O4S4.